The van der Waals surface area contributed by atoms with E-state index < -0.39 is 16.1 Å². The van der Waals surface area contributed by atoms with E-state index in [0.29, 0.717) is 0 Å². The van der Waals surface area contributed by atoms with Crippen LogP contribution in [0.4, 0.5) is 22.7 Å². The van der Waals surface area contributed by atoms with E-state index in [4.69, 9.17) is 0 Å². The first kappa shape index (κ1) is 42.4. The van der Waals surface area contributed by atoms with E-state index in [2.05, 4.69) is 204 Å². The minimum Gasteiger partial charge on any atom is -0.334 e. The number of fused-ring (bicyclic) bond motifs is 6. The van der Waals surface area contributed by atoms with Gasteiger partial charge in [0.15, 0.2) is 0 Å². The zero-order valence-corrected chi connectivity index (χ0v) is 43.5. The summed E-state index contributed by atoms with van der Waals surface area (Å²) in [6.07, 6.45) is 18.5. The molecule has 2 heterocycles. The Morgan fingerprint density at radius 2 is 1.09 bits per heavy atom. The number of nitrogens with zero attached hydrogens (tertiary/aromatic N) is 2. The minimum atomic E-state index is -1.40. The van der Waals surface area contributed by atoms with E-state index in [9.17, 15) is 0 Å². The summed E-state index contributed by atoms with van der Waals surface area (Å²) in [5.74, 6) is 0.225. The summed E-state index contributed by atoms with van der Waals surface area (Å²) >= 11 is 0. The van der Waals surface area contributed by atoms with Crippen LogP contribution in [0.2, 0.25) is 39.3 Å². The van der Waals surface area contributed by atoms with Gasteiger partial charge < -0.3 is 9.80 Å². The highest BCUT2D eigenvalue weighted by Gasteiger charge is 2.59. The van der Waals surface area contributed by atoms with Gasteiger partial charge >= 0.3 is 0 Å². The van der Waals surface area contributed by atoms with E-state index in [0.717, 1.165) is 6.42 Å². The molecule has 0 N–H and O–H groups in total. The van der Waals surface area contributed by atoms with Crippen molar-refractivity contribution < 1.29 is 0 Å². The summed E-state index contributed by atoms with van der Waals surface area (Å²) in [5.41, 5.74) is 18.7. The summed E-state index contributed by atoms with van der Waals surface area (Å²) in [4.78, 5) is 5.50. The van der Waals surface area contributed by atoms with Crippen LogP contribution in [0.25, 0.3) is 33.5 Å². The maximum absolute atomic E-state index is 2.75. The molecule has 2 aliphatic heterocycles. The van der Waals surface area contributed by atoms with Crippen molar-refractivity contribution >= 4 is 71.7 Å². The fourth-order valence-corrected chi connectivity index (χ4v) is 16.8. The SMILES string of the molecule is CC12CCCCC1(C)N(c1ccc([Si](C)(C)C)cc1)c1ccc(-c3ccc4c5c6c(ccc35)C=CC(c3ccc5c(c3)C3(C)CCCCC3(C)N5c3ccc([Si](C)(C)C)cc3)C6=CC4)cc12. The molecule has 336 valence electrons. The summed E-state index contributed by atoms with van der Waals surface area (Å²) in [6, 6.07) is 44.4. The highest BCUT2D eigenvalue weighted by atomic mass is 28.3. The molecule has 5 atom stereocenters. The molecule has 66 heavy (non-hydrogen) atoms. The first-order chi connectivity index (χ1) is 31.4. The number of hydrogen-bond acceptors (Lipinski definition) is 2. The van der Waals surface area contributed by atoms with Gasteiger partial charge in [0.2, 0.25) is 0 Å². The molecule has 5 unspecified atom stereocenters. The Balaban J connectivity index is 0.935. The quantitative estimate of drug-likeness (QED) is 0.154. The second-order valence-corrected chi connectivity index (χ2v) is 34.5. The lowest BCUT2D eigenvalue weighted by Crippen LogP contribution is -2.54. The van der Waals surface area contributed by atoms with Gasteiger partial charge in [-0.05, 0) is 149 Å². The third-order valence-corrected chi connectivity index (χ3v) is 23.0. The largest absolute Gasteiger partial charge is 0.334 e. The van der Waals surface area contributed by atoms with E-state index in [1.165, 1.54) is 140 Å². The van der Waals surface area contributed by atoms with Crippen LogP contribution in [0.5, 0.6) is 0 Å². The molecule has 0 bridgehead atoms. The molecule has 0 amide bonds. The molecule has 6 aromatic carbocycles. The summed E-state index contributed by atoms with van der Waals surface area (Å²) in [6.45, 7) is 25.0. The topological polar surface area (TPSA) is 6.48 Å². The predicted molar refractivity (Wildman–Crippen MR) is 291 cm³/mol. The van der Waals surface area contributed by atoms with Gasteiger partial charge in [-0.3, -0.25) is 0 Å². The maximum atomic E-state index is 2.75. The van der Waals surface area contributed by atoms with Crippen LogP contribution in [0.1, 0.15) is 118 Å². The van der Waals surface area contributed by atoms with Crippen molar-refractivity contribution in [2.75, 3.05) is 9.80 Å². The summed E-state index contributed by atoms with van der Waals surface area (Å²) in [7, 11) is -2.79. The van der Waals surface area contributed by atoms with E-state index >= 15 is 0 Å². The molecule has 0 aromatic heterocycles. The van der Waals surface area contributed by atoms with Gasteiger partial charge in [-0.15, -0.1) is 0 Å². The predicted octanol–water partition coefficient (Wildman–Crippen LogP) is 15.8. The molecule has 12 rings (SSSR count). The van der Waals surface area contributed by atoms with Crippen molar-refractivity contribution in [3.05, 3.63) is 155 Å². The number of allylic oxidation sites excluding steroid dienone is 3. The van der Waals surface area contributed by atoms with Gasteiger partial charge in [-0.25, -0.2) is 0 Å². The highest BCUT2D eigenvalue weighted by molar-refractivity contribution is 6.89. The Kier molecular flexibility index (Phi) is 9.20. The Labute approximate surface area is 397 Å². The highest BCUT2D eigenvalue weighted by Crippen LogP contribution is 2.63. The summed E-state index contributed by atoms with van der Waals surface area (Å²) < 4.78 is 0. The number of benzene rings is 6. The van der Waals surface area contributed by atoms with Crippen molar-refractivity contribution in [2.45, 2.75) is 153 Å². The fourth-order valence-electron chi connectivity index (χ4n) is 14.5. The van der Waals surface area contributed by atoms with Crippen LogP contribution in [-0.2, 0) is 17.3 Å². The first-order valence-corrected chi connectivity index (χ1v) is 32.5. The van der Waals surface area contributed by atoms with Crippen LogP contribution in [0.15, 0.2) is 121 Å². The molecule has 6 aromatic rings. The molecule has 0 spiro atoms. The Morgan fingerprint density at radius 1 is 0.545 bits per heavy atom. The third kappa shape index (κ3) is 5.82. The van der Waals surface area contributed by atoms with Crippen LogP contribution < -0.4 is 20.2 Å². The molecule has 0 radical (unpaired) electrons. The second-order valence-electron chi connectivity index (χ2n) is 24.3. The monoisotopic (exact) mass is 899 g/mol. The van der Waals surface area contributed by atoms with Crippen molar-refractivity contribution in [2.24, 2.45) is 0 Å². The maximum Gasteiger partial charge on any atom is 0.0775 e. The second kappa shape index (κ2) is 14.3. The molecule has 2 nitrogen and oxygen atoms in total. The average Bonchev–Trinajstić information content (AvgIpc) is 3.64. The van der Waals surface area contributed by atoms with Crippen molar-refractivity contribution in [3.63, 3.8) is 0 Å². The zero-order chi connectivity index (χ0) is 45.8. The molecule has 6 aliphatic rings. The lowest BCUT2D eigenvalue weighted by Gasteiger charge is -2.50. The van der Waals surface area contributed by atoms with Crippen LogP contribution in [0.3, 0.4) is 0 Å². The van der Waals surface area contributed by atoms with Gasteiger partial charge in [0.25, 0.3) is 0 Å². The van der Waals surface area contributed by atoms with E-state index in [1.807, 2.05) is 0 Å². The van der Waals surface area contributed by atoms with Crippen molar-refractivity contribution in [1.29, 1.82) is 0 Å². The normalized spacial score (nSPS) is 27.4. The first-order valence-electron chi connectivity index (χ1n) is 25.5. The number of anilines is 4. The Morgan fingerprint density at radius 3 is 1.67 bits per heavy atom. The van der Waals surface area contributed by atoms with Gasteiger partial charge in [0.1, 0.15) is 0 Å². The molecular formula is C62H70N2Si2. The molecule has 0 saturated heterocycles. The molecular weight excluding hydrogens is 829 g/mol. The standard InChI is InChI=1S/C62H70N2Si2/c1-59-35-11-13-37-61(59,3)63(45-21-25-47(26-22-45)65(5,6)7)55-33-19-43(39-53(55)59)49-29-15-41-18-32-52-50(30-16-42-17-31-51(49)57(41)58(42)52)44-20-34-56-54(40-44)60(2)36-12-14-38-62(60,4)64(56)46-23-27-48(28-24-46)66(8,9)10/h15-17,19-34,39-40,50H,11-14,18,35-38H2,1-10H3. The third-order valence-electron chi connectivity index (χ3n) is 18.8. The van der Waals surface area contributed by atoms with Crippen LogP contribution in [0, 0.1) is 0 Å². The number of hydrogen-bond donors (Lipinski definition) is 0. The lowest BCUT2D eigenvalue weighted by molar-refractivity contribution is 0.195. The van der Waals surface area contributed by atoms with Crippen LogP contribution in [-0.4, -0.2) is 27.2 Å². The van der Waals surface area contributed by atoms with Crippen LogP contribution >= 0.6 is 0 Å². The van der Waals surface area contributed by atoms with E-state index in [1.54, 1.807) is 5.56 Å². The molecule has 4 aliphatic carbocycles. The van der Waals surface area contributed by atoms with Gasteiger partial charge in [0, 0.05) is 39.5 Å². The zero-order valence-electron chi connectivity index (χ0n) is 41.5. The Hall–Kier alpha value is -4.91. The minimum absolute atomic E-state index is 0.0294. The average molecular weight is 899 g/mol. The smallest absolute Gasteiger partial charge is 0.0775 e. The van der Waals surface area contributed by atoms with Crippen molar-refractivity contribution in [3.8, 4) is 11.1 Å². The molecule has 2 saturated carbocycles. The van der Waals surface area contributed by atoms with Gasteiger partial charge in [0.05, 0.1) is 27.2 Å². The van der Waals surface area contributed by atoms with Gasteiger partial charge in [-0.1, -0.05) is 174 Å². The summed E-state index contributed by atoms with van der Waals surface area (Å²) in [5, 5.41) is 5.93. The van der Waals surface area contributed by atoms with E-state index in [-0.39, 0.29) is 27.8 Å². The van der Waals surface area contributed by atoms with Crippen molar-refractivity contribution in [1.82, 2.24) is 0 Å². The molecule has 4 heteroatoms. The van der Waals surface area contributed by atoms with Gasteiger partial charge in [-0.2, -0.15) is 0 Å². The lowest BCUT2D eigenvalue weighted by atomic mass is 9.61. The molecule has 2 fully saturated rings. The number of rotatable bonds is 6. The Bertz CT molecular complexity index is 3050. The fraction of sp³-hybridized carbons (Fsp3) is 0.387.